The summed E-state index contributed by atoms with van der Waals surface area (Å²) in [4.78, 5) is 10.8. The highest BCUT2D eigenvalue weighted by molar-refractivity contribution is 5.89. The third-order valence-corrected chi connectivity index (χ3v) is 1.91. The molecule has 0 aliphatic rings. The van der Waals surface area contributed by atoms with Crippen LogP contribution in [0.4, 0.5) is 4.39 Å². The van der Waals surface area contributed by atoms with Crippen LogP contribution >= 0.6 is 0 Å². The number of aromatic carboxylic acids is 1. The largest absolute Gasteiger partial charge is 0.478 e. The number of nitrogens with two attached hydrogens (primary N) is 1. The van der Waals surface area contributed by atoms with Crippen molar-refractivity contribution in [2.75, 3.05) is 0 Å². The minimum Gasteiger partial charge on any atom is -0.478 e. The van der Waals surface area contributed by atoms with Crippen LogP contribution in [0.25, 0.3) is 0 Å². The second kappa shape index (κ2) is 3.38. The highest BCUT2D eigenvalue weighted by Crippen LogP contribution is 2.22. The lowest BCUT2D eigenvalue weighted by Gasteiger charge is -2.21. The van der Waals surface area contributed by atoms with Crippen LogP contribution in [0.5, 0.6) is 0 Å². The van der Waals surface area contributed by atoms with E-state index >= 15 is 0 Å². The molecule has 0 amide bonds. The Balaban J connectivity index is 3.37. The molecule has 1 aromatic carbocycles. The molecule has 0 aliphatic carbocycles. The first-order valence-electron chi connectivity index (χ1n) is 4.14. The number of carboxylic acids is 1. The second-order valence-electron chi connectivity index (χ2n) is 3.72. The predicted molar refractivity (Wildman–Crippen MR) is 50.6 cm³/mol. The van der Waals surface area contributed by atoms with Crippen LogP contribution in [0.1, 0.15) is 29.8 Å². The monoisotopic (exact) mass is 197 g/mol. The van der Waals surface area contributed by atoms with E-state index in [0.717, 1.165) is 6.07 Å². The summed E-state index contributed by atoms with van der Waals surface area (Å²) in [5.41, 5.74) is 5.31. The fraction of sp³-hybridized carbons (Fsp3) is 0.300. The van der Waals surface area contributed by atoms with E-state index in [4.69, 9.17) is 10.8 Å². The molecule has 0 unspecified atom stereocenters. The predicted octanol–water partition coefficient (Wildman–Crippen LogP) is 1.72. The maximum atomic E-state index is 12.8. The molecule has 0 aliphatic heterocycles. The summed E-state index contributed by atoms with van der Waals surface area (Å²) in [6, 6.07) is 3.58. The lowest BCUT2D eigenvalue weighted by atomic mass is 9.91. The molecule has 0 bridgehead atoms. The molecule has 0 radical (unpaired) electrons. The van der Waals surface area contributed by atoms with Crippen LogP contribution in [0.15, 0.2) is 18.2 Å². The molecule has 0 saturated carbocycles. The lowest BCUT2D eigenvalue weighted by molar-refractivity contribution is 0.0693. The van der Waals surface area contributed by atoms with E-state index in [1.807, 2.05) is 0 Å². The maximum absolute atomic E-state index is 12.8. The fourth-order valence-corrected chi connectivity index (χ4v) is 1.26. The van der Waals surface area contributed by atoms with Crippen molar-refractivity contribution in [2.24, 2.45) is 5.73 Å². The van der Waals surface area contributed by atoms with Gasteiger partial charge in [0.25, 0.3) is 0 Å². The topological polar surface area (TPSA) is 63.3 Å². The molecule has 0 aromatic heterocycles. The number of hydrogen-bond acceptors (Lipinski definition) is 2. The van der Waals surface area contributed by atoms with E-state index in [9.17, 15) is 9.18 Å². The number of carboxylic acid groups (broad SMARTS) is 1. The Labute approximate surface area is 81.4 Å². The summed E-state index contributed by atoms with van der Waals surface area (Å²) in [5, 5.41) is 8.83. The number of halogens is 1. The number of rotatable bonds is 2. The van der Waals surface area contributed by atoms with Crippen molar-refractivity contribution >= 4 is 5.97 Å². The van der Waals surface area contributed by atoms with Crippen LogP contribution in [0.2, 0.25) is 0 Å². The summed E-state index contributed by atoms with van der Waals surface area (Å²) < 4.78 is 12.8. The summed E-state index contributed by atoms with van der Waals surface area (Å²) in [6.07, 6.45) is 0. The Morgan fingerprint density at radius 3 is 2.50 bits per heavy atom. The van der Waals surface area contributed by atoms with E-state index in [1.165, 1.54) is 12.1 Å². The van der Waals surface area contributed by atoms with E-state index < -0.39 is 17.3 Å². The van der Waals surface area contributed by atoms with Gasteiger partial charge in [0.15, 0.2) is 0 Å². The average Bonchev–Trinajstić information content (AvgIpc) is 2.01. The first kappa shape index (κ1) is 10.7. The summed E-state index contributed by atoms with van der Waals surface area (Å²) in [6.45, 7) is 3.35. The van der Waals surface area contributed by atoms with Gasteiger partial charge in [-0.2, -0.15) is 0 Å². The average molecular weight is 197 g/mol. The van der Waals surface area contributed by atoms with Crippen LogP contribution in [0, 0.1) is 5.82 Å². The highest BCUT2D eigenvalue weighted by atomic mass is 19.1. The zero-order valence-corrected chi connectivity index (χ0v) is 8.04. The van der Waals surface area contributed by atoms with Crippen LogP contribution in [-0.2, 0) is 5.54 Å². The molecule has 0 fully saturated rings. The third-order valence-electron chi connectivity index (χ3n) is 1.91. The smallest absolute Gasteiger partial charge is 0.336 e. The van der Waals surface area contributed by atoms with Gasteiger partial charge >= 0.3 is 5.97 Å². The quantitative estimate of drug-likeness (QED) is 0.758. The molecule has 0 heterocycles. The molecular weight excluding hydrogens is 185 g/mol. The Morgan fingerprint density at radius 2 is 2.07 bits per heavy atom. The zero-order valence-electron chi connectivity index (χ0n) is 8.04. The minimum atomic E-state index is -1.17. The molecule has 0 spiro atoms. The molecule has 1 rings (SSSR count). The third kappa shape index (κ3) is 2.09. The lowest BCUT2D eigenvalue weighted by Crippen LogP contribution is -2.31. The van der Waals surface area contributed by atoms with Gasteiger partial charge in [-0.05, 0) is 31.5 Å². The Bertz CT molecular complexity index is 369. The molecule has 3 N–H and O–H groups in total. The van der Waals surface area contributed by atoms with E-state index in [-0.39, 0.29) is 5.56 Å². The summed E-state index contributed by atoms with van der Waals surface area (Å²) in [5.74, 6) is -1.74. The van der Waals surface area contributed by atoms with E-state index in [0.29, 0.717) is 5.56 Å². The molecular formula is C10H12FNO2. The van der Waals surface area contributed by atoms with Crippen molar-refractivity contribution in [3.63, 3.8) is 0 Å². The van der Waals surface area contributed by atoms with Crippen LogP contribution in [-0.4, -0.2) is 11.1 Å². The standard InChI is InChI=1S/C10H12FNO2/c1-10(2,12)8-4-3-6(11)5-7(8)9(13)14/h3-5H,12H2,1-2H3,(H,13,14). The van der Waals surface area contributed by atoms with E-state index in [1.54, 1.807) is 13.8 Å². The molecule has 76 valence electrons. The highest BCUT2D eigenvalue weighted by Gasteiger charge is 2.22. The van der Waals surface area contributed by atoms with Crippen molar-refractivity contribution < 1.29 is 14.3 Å². The zero-order chi connectivity index (χ0) is 10.9. The van der Waals surface area contributed by atoms with Crippen molar-refractivity contribution in [3.05, 3.63) is 35.1 Å². The van der Waals surface area contributed by atoms with Gasteiger partial charge in [-0.25, -0.2) is 9.18 Å². The first-order chi connectivity index (χ1) is 6.32. The van der Waals surface area contributed by atoms with Crippen molar-refractivity contribution in [3.8, 4) is 0 Å². The normalized spacial score (nSPS) is 11.4. The molecule has 0 saturated heterocycles. The van der Waals surface area contributed by atoms with E-state index in [2.05, 4.69) is 0 Å². The van der Waals surface area contributed by atoms with Crippen LogP contribution in [0.3, 0.4) is 0 Å². The van der Waals surface area contributed by atoms with Gasteiger partial charge in [0.1, 0.15) is 5.82 Å². The van der Waals surface area contributed by atoms with Crippen molar-refractivity contribution in [1.82, 2.24) is 0 Å². The van der Waals surface area contributed by atoms with Gasteiger partial charge in [0, 0.05) is 5.54 Å². The maximum Gasteiger partial charge on any atom is 0.336 e. The molecule has 0 atom stereocenters. The van der Waals surface area contributed by atoms with Crippen molar-refractivity contribution in [2.45, 2.75) is 19.4 Å². The Hall–Kier alpha value is -1.42. The van der Waals surface area contributed by atoms with Crippen molar-refractivity contribution in [1.29, 1.82) is 0 Å². The first-order valence-corrected chi connectivity index (χ1v) is 4.14. The second-order valence-corrected chi connectivity index (χ2v) is 3.72. The fourth-order valence-electron chi connectivity index (χ4n) is 1.26. The number of carbonyl (C=O) groups is 1. The molecule has 1 aromatic rings. The van der Waals surface area contributed by atoms with Gasteiger partial charge in [-0.1, -0.05) is 6.07 Å². The summed E-state index contributed by atoms with van der Waals surface area (Å²) >= 11 is 0. The number of benzene rings is 1. The summed E-state index contributed by atoms with van der Waals surface area (Å²) in [7, 11) is 0. The van der Waals surface area contributed by atoms with Gasteiger partial charge in [0.2, 0.25) is 0 Å². The molecule has 3 nitrogen and oxygen atoms in total. The van der Waals surface area contributed by atoms with Crippen LogP contribution < -0.4 is 5.73 Å². The molecule has 4 heteroatoms. The van der Waals surface area contributed by atoms with Gasteiger partial charge in [0.05, 0.1) is 5.56 Å². The number of hydrogen-bond donors (Lipinski definition) is 2. The Morgan fingerprint density at radius 1 is 1.50 bits per heavy atom. The van der Waals surface area contributed by atoms with Gasteiger partial charge in [-0.3, -0.25) is 0 Å². The van der Waals surface area contributed by atoms with Gasteiger partial charge in [-0.15, -0.1) is 0 Å². The minimum absolute atomic E-state index is 0.0856. The SMILES string of the molecule is CC(C)(N)c1ccc(F)cc1C(=O)O. The Kier molecular flexibility index (Phi) is 2.57. The van der Waals surface area contributed by atoms with Gasteiger partial charge < -0.3 is 10.8 Å². The molecule has 14 heavy (non-hydrogen) atoms.